The van der Waals surface area contributed by atoms with Crippen molar-refractivity contribution in [3.05, 3.63) is 41.9 Å². The van der Waals surface area contributed by atoms with Gasteiger partial charge in [0.15, 0.2) is 5.76 Å². The van der Waals surface area contributed by atoms with E-state index in [0.717, 1.165) is 36.7 Å². The largest absolute Gasteiger partial charge is 0.455 e. The fourth-order valence-corrected chi connectivity index (χ4v) is 3.76. The monoisotopic (exact) mass is 347 g/mol. The number of carbonyl (C=O) groups excluding carboxylic acids is 1. The lowest BCUT2D eigenvalue weighted by Crippen LogP contribution is -2.39. The molecular formula is C18H25N3O2S. The Kier molecular flexibility index (Phi) is 5.33. The maximum Gasteiger partial charge on any atom is 0.289 e. The van der Waals surface area contributed by atoms with Crippen molar-refractivity contribution in [3.8, 4) is 0 Å². The highest BCUT2D eigenvalue weighted by atomic mass is 32.2. The van der Waals surface area contributed by atoms with Crippen LogP contribution in [0.5, 0.6) is 0 Å². The number of hydrogen-bond acceptors (Lipinski definition) is 4. The first kappa shape index (κ1) is 17.1. The second-order valence-corrected chi connectivity index (χ2v) is 7.44. The summed E-state index contributed by atoms with van der Waals surface area (Å²) in [6.07, 6.45) is 7.98. The normalized spacial score (nSPS) is 18.3. The first-order valence-electron chi connectivity index (χ1n) is 8.49. The van der Waals surface area contributed by atoms with Crippen molar-refractivity contribution in [1.82, 2.24) is 14.5 Å². The molecule has 0 saturated carbocycles. The van der Waals surface area contributed by atoms with Crippen molar-refractivity contribution in [3.63, 3.8) is 0 Å². The van der Waals surface area contributed by atoms with E-state index in [1.165, 1.54) is 0 Å². The minimum absolute atomic E-state index is 0.00490. The lowest BCUT2D eigenvalue weighted by atomic mass is 9.96. The number of rotatable bonds is 5. The zero-order valence-corrected chi connectivity index (χ0v) is 15.4. The number of carbonyl (C=O) groups is 1. The Hall–Kier alpha value is -1.69. The molecule has 1 aliphatic heterocycles. The number of furan rings is 1. The van der Waals surface area contributed by atoms with Gasteiger partial charge in [-0.25, -0.2) is 4.98 Å². The Balaban J connectivity index is 1.72. The molecule has 24 heavy (non-hydrogen) atoms. The molecule has 1 atom stereocenters. The smallest absolute Gasteiger partial charge is 0.289 e. The molecule has 0 radical (unpaired) electrons. The fraction of sp³-hybridized carbons (Fsp3) is 0.556. The summed E-state index contributed by atoms with van der Waals surface area (Å²) in [5, 5.41) is 0. The molecule has 1 saturated heterocycles. The number of imidazole rings is 1. The van der Waals surface area contributed by atoms with E-state index < -0.39 is 0 Å². The highest BCUT2D eigenvalue weighted by Gasteiger charge is 2.29. The van der Waals surface area contributed by atoms with E-state index in [9.17, 15) is 4.79 Å². The molecular weight excluding hydrogens is 322 g/mol. The molecule has 0 bridgehead atoms. The van der Waals surface area contributed by atoms with E-state index in [0.29, 0.717) is 24.3 Å². The minimum atomic E-state index is -0.00490. The molecule has 5 nitrogen and oxygen atoms in total. The molecule has 1 aliphatic rings. The molecule has 0 N–H and O–H groups in total. The van der Waals surface area contributed by atoms with Gasteiger partial charge < -0.3 is 13.9 Å². The summed E-state index contributed by atoms with van der Waals surface area (Å²) in [6.45, 7) is 5.82. The maximum atomic E-state index is 12.7. The van der Waals surface area contributed by atoms with E-state index in [-0.39, 0.29) is 5.91 Å². The third-order valence-corrected chi connectivity index (χ3v) is 5.06. The van der Waals surface area contributed by atoms with Gasteiger partial charge in [0.05, 0.1) is 5.75 Å². The van der Waals surface area contributed by atoms with Gasteiger partial charge in [-0.15, -0.1) is 0 Å². The predicted octanol–water partition coefficient (Wildman–Crippen LogP) is 3.94. The van der Waals surface area contributed by atoms with Crippen molar-refractivity contribution in [2.75, 3.05) is 19.3 Å². The standard InChI is InChI=1S/C18H25N3O2S/c1-13(2)21-10-8-19-17(21)14-5-4-9-20(11-14)18(22)16-7-6-15(23-16)12-24-3/h6-8,10,13-14H,4-5,9,11-12H2,1-3H3/t14-/m0/s1. The molecule has 130 valence electrons. The van der Waals surface area contributed by atoms with E-state index in [1.54, 1.807) is 17.8 Å². The van der Waals surface area contributed by atoms with Crippen LogP contribution >= 0.6 is 11.8 Å². The topological polar surface area (TPSA) is 51.3 Å². The summed E-state index contributed by atoms with van der Waals surface area (Å²) in [5.41, 5.74) is 0. The van der Waals surface area contributed by atoms with Gasteiger partial charge in [0.1, 0.15) is 11.6 Å². The molecule has 2 aromatic heterocycles. The second-order valence-electron chi connectivity index (χ2n) is 6.58. The Morgan fingerprint density at radius 3 is 3.04 bits per heavy atom. The summed E-state index contributed by atoms with van der Waals surface area (Å²) in [4.78, 5) is 19.2. The molecule has 1 amide bonds. The van der Waals surface area contributed by atoms with E-state index in [4.69, 9.17) is 4.42 Å². The lowest BCUT2D eigenvalue weighted by Gasteiger charge is -2.32. The summed E-state index contributed by atoms with van der Waals surface area (Å²) < 4.78 is 7.90. The number of piperidine rings is 1. The number of nitrogens with zero attached hydrogens (tertiary/aromatic N) is 3. The van der Waals surface area contributed by atoms with Crippen LogP contribution in [0.3, 0.4) is 0 Å². The molecule has 0 aliphatic carbocycles. The van der Waals surface area contributed by atoms with Crippen molar-refractivity contribution in [2.45, 2.75) is 44.4 Å². The Bertz CT molecular complexity index is 692. The fourth-order valence-electron chi connectivity index (χ4n) is 3.32. The van der Waals surface area contributed by atoms with Gasteiger partial charge >= 0.3 is 0 Å². The SMILES string of the molecule is CSCc1ccc(C(=O)N2CCC[C@H](c3nccn3C(C)C)C2)o1. The molecule has 3 heterocycles. The summed E-state index contributed by atoms with van der Waals surface area (Å²) >= 11 is 1.69. The van der Waals surface area contributed by atoms with Crippen LogP contribution in [-0.4, -0.2) is 39.7 Å². The molecule has 0 aromatic carbocycles. The summed E-state index contributed by atoms with van der Waals surface area (Å²) in [7, 11) is 0. The van der Waals surface area contributed by atoms with Crippen LogP contribution in [0.1, 0.15) is 60.8 Å². The zero-order chi connectivity index (χ0) is 17.1. The molecule has 0 unspecified atom stereocenters. The molecule has 6 heteroatoms. The van der Waals surface area contributed by atoms with Crippen LogP contribution in [0.15, 0.2) is 28.9 Å². The lowest BCUT2D eigenvalue weighted by molar-refractivity contribution is 0.0669. The zero-order valence-electron chi connectivity index (χ0n) is 14.6. The van der Waals surface area contributed by atoms with Gasteiger partial charge in [-0.2, -0.15) is 11.8 Å². The van der Waals surface area contributed by atoms with Gasteiger partial charge in [0, 0.05) is 37.4 Å². The summed E-state index contributed by atoms with van der Waals surface area (Å²) in [6, 6.07) is 4.08. The quantitative estimate of drug-likeness (QED) is 0.822. The van der Waals surface area contributed by atoms with E-state index in [2.05, 4.69) is 23.4 Å². The van der Waals surface area contributed by atoms with Crippen molar-refractivity contribution in [1.29, 1.82) is 0 Å². The van der Waals surface area contributed by atoms with Gasteiger partial charge in [-0.3, -0.25) is 4.79 Å². The van der Waals surface area contributed by atoms with Gasteiger partial charge in [0.25, 0.3) is 5.91 Å². The molecule has 2 aromatic rings. The highest BCUT2D eigenvalue weighted by molar-refractivity contribution is 7.97. The van der Waals surface area contributed by atoms with Crippen molar-refractivity contribution < 1.29 is 9.21 Å². The van der Waals surface area contributed by atoms with Crippen molar-refractivity contribution >= 4 is 17.7 Å². The number of hydrogen-bond donors (Lipinski definition) is 0. The summed E-state index contributed by atoms with van der Waals surface area (Å²) in [5.74, 6) is 3.48. The van der Waals surface area contributed by atoms with Gasteiger partial charge in [-0.05, 0) is 45.1 Å². The van der Waals surface area contributed by atoms with E-state index >= 15 is 0 Å². The van der Waals surface area contributed by atoms with Crippen LogP contribution in [0.2, 0.25) is 0 Å². The van der Waals surface area contributed by atoms with Crippen molar-refractivity contribution in [2.24, 2.45) is 0 Å². The van der Waals surface area contributed by atoms with Crippen LogP contribution in [-0.2, 0) is 5.75 Å². The highest BCUT2D eigenvalue weighted by Crippen LogP contribution is 2.28. The number of thioether (sulfide) groups is 1. The van der Waals surface area contributed by atoms with Gasteiger partial charge in [-0.1, -0.05) is 0 Å². The predicted molar refractivity (Wildman–Crippen MR) is 96.4 cm³/mol. The third-order valence-electron chi connectivity index (χ3n) is 4.49. The number of amides is 1. The maximum absolute atomic E-state index is 12.7. The average Bonchev–Trinajstić information content (AvgIpc) is 3.24. The van der Waals surface area contributed by atoms with Crippen LogP contribution in [0.25, 0.3) is 0 Å². The number of likely N-dealkylation sites (tertiary alicyclic amines) is 1. The third kappa shape index (κ3) is 3.53. The molecule has 3 rings (SSSR count). The Labute approximate surface area is 147 Å². The molecule has 0 spiro atoms. The van der Waals surface area contributed by atoms with Gasteiger partial charge in [0.2, 0.25) is 0 Å². The van der Waals surface area contributed by atoms with Crippen LogP contribution in [0, 0.1) is 0 Å². The Morgan fingerprint density at radius 1 is 1.46 bits per heavy atom. The minimum Gasteiger partial charge on any atom is -0.455 e. The molecule has 1 fully saturated rings. The Morgan fingerprint density at radius 2 is 2.29 bits per heavy atom. The van der Waals surface area contributed by atoms with Crippen LogP contribution < -0.4 is 0 Å². The first-order valence-corrected chi connectivity index (χ1v) is 9.89. The van der Waals surface area contributed by atoms with Crippen LogP contribution in [0.4, 0.5) is 0 Å². The van der Waals surface area contributed by atoms with E-state index in [1.807, 2.05) is 29.6 Å². The number of aromatic nitrogens is 2. The first-order chi connectivity index (χ1) is 11.6. The average molecular weight is 347 g/mol. The second kappa shape index (κ2) is 7.47.